The van der Waals surface area contributed by atoms with Crippen molar-refractivity contribution < 1.29 is 4.79 Å². The van der Waals surface area contributed by atoms with Gasteiger partial charge in [0, 0.05) is 32.1 Å². The van der Waals surface area contributed by atoms with Crippen molar-refractivity contribution in [1.82, 2.24) is 10.2 Å². The molecule has 88 valence electrons. The van der Waals surface area contributed by atoms with Gasteiger partial charge in [-0.05, 0) is 12.8 Å². The number of nitrogens with one attached hydrogen (secondary N) is 1. The quantitative estimate of drug-likeness (QED) is 0.770. The first-order chi connectivity index (χ1) is 7.20. The molecule has 1 heterocycles. The van der Waals surface area contributed by atoms with Gasteiger partial charge in [-0.25, -0.2) is 0 Å². The minimum absolute atomic E-state index is 0.324. The van der Waals surface area contributed by atoms with E-state index in [2.05, 4.69) is 19.2 Å². The number of rotatable bonds is 4. The maximum Gasteiger partial charge on any atom is 0.223 e. The van der Waals surface area contributed by atoms with Crippen LogP contribution in [0.25, 0.3) is 0 Å². The Balaban J connectivity index is 2.19. The SMILES string of the molecule is CC(C)NCCC(=O)N1CCCCCC1. The lowest BCUT2D eigenvalue weighted by molar-refractivity contribution is -0.131. The van der Waals surface area contributed by atoms with Crippen LogP contribution in [0.1, 0.15) is 46.0 Å². The van der Waals surface area contributed by atoms with E-state index in [1.807, 2.05) is 4.90 Å². The van der Waals surface area contributed by atoms with Gasteiger partial charge in [0.2, 0.25) is 5.91 Å². The number of hydrogen-bond donors (Lipinski definition) is 1. The largest absolute Gasteiger partial charge is 0.343 e. The average molecular weight is 212 g/mol. The summed E-state index contributed by atoms with van der Waals surface area (Å²) in [7, 11) is 0. The Bertz CT molecular complexity index is 184. The minimum atomic E-state index is 0.324. The van der Waals surface area contributed by atoms with E-state index >= 15 is 0 Å². The van der Waals surface area contributed by atoms with E-state index in [-0.39, 0.29) is 0 Å². The van der Waals surface area contributed by atoms with Crippen LogP contribution in [0, 0.1) is 0 Å². The number of nitrogens with zero attached hydrogens (tertiary/aromatic N) is 1. The fourth-order valence-electron chi connectivity index (χ4n) is 1.95. The topological polar surface area (TPSA) is 32.3 Å². The first kappa shape index (κ1) is 12.5. The molecule has 1 rings (SSSR count). The second-order valence-corrected chi connectivity index (χ2v) is 4.65. The highest BCUT2D eigenvalue weighted by atomic mass is 16.2. The molecule has 0 radical (unpaired) electrons. The summed E-state index contributed by atoms with van der Waals surface area (Å²) in [5.74, 6) is 0.324. The molecule has 0 aromatic heterocycles. The Morgan fingerprint density at radius 2 is 1.80 bits per heavy atom. The summed E-state index contributed by atoms with van der Waals surface area (Å²) >= 11 is 0. The third-order valence-electron chi connectivity index (χ3n) is 2.85. The minimum Gasteiger partial charge on any atom is -0.343 e. The fraction of sp³-hybridized carbons (Fsp3) is 0.917. The first-order valence-corrected chi connectivity index (χ1v) is 6.21. The van der Waals surface area contributed by atoms with Gasteiger partial charge in [0.05, 0.1) is 0 Å². The smallest absolute Gasteiger partial charge is 0.223 e. The predicted molar refractivity (Wildman–Crippen MR) is 62.8 cm³/mol. The number of carbonyl (C=O) groups is 1. The van der Waals surface area contributed by atoms with Gasteiger partial charge in [0.1, 0.15) is 0 Å². The van der Waals surface area contributed by atoms with Crippen molar-refractivity contribution in [2.45, 2.75) is 52.0 Å². The lowest BCUT2D eigenvalue weighted by atomic mass is 10.2. The molecule has 1 fully saturated rings. The van der Waals surface area contributed by atoms with Crippen LogP contribution in [-0.4, -0.2) is 36.5 Å². The Morgan fingerprint density at radius 1 is 1.20 bits per heavy atom. The Hall–Kier alpha value is -0.570. The molecule has 0 aliphatic carbocycles. The summed E-state index contributed by atoms with van der Waals surface area (Å²) in [6.07, 6.45) is 5.59. The molecule has 0 unspecified atom stereocenters. The van der Waals surface area contributed by atoms with Gasteiger partial charge in [-0.3, -0.25) is 4.79 Å². The molecule has 0 saturated carbocycles. The molecule has 3 heteroatoms. The zero-order valence-electron chi connectivity index (χ0n) is 10.1. The average Bonchev–Trinajstić information content (AvgIpc) is 2.44. The van der Waals surface area contributed by atoms with Crippen LogP contribution in [0.15, 0.2) is 0 Å². The van der Waals surface area contributed by atoms with E-state index in [1.54, 1.807) is 0 Å². The van der Waals surface area contributed by atoms with Gasteiger partial charge in [-0.15, -0.1) is 0 Å². The van der Waals surface area contributed by atoms with Gasteiger partial charge in [0.25, 0.3) is 0 Å². The van der Waals surface area contributed by atoms with Crippen molar-refractivity contribution in [3.05, 3.63) is 0 Å². The van der Waals surface area contributed by atoms with Gasteiger partial charge in [-0.1, -0.05) is 26.7 Å². The van der Waals surface area contributed by atoms with Crippen molar-refractivity contribution in [2.75, 3.05) is 19.6 Å². The maximum atomic E-state index is 11.8. The van der Waals surface area contributed by atoms with Crippen molar-refractivity contribution in [3.8, 4) is 0 Å². The molecular weight excluding hydrogens is 188 g/mol. The van der Waals surface area contributed by atoms with E-state index in [1.165, 1.54) is 25.7 Å². The first-order valence-electron chi connectivity index (χ1n) is 6.21. The van der Waals surface area contributed by atoms with Gasteiger partial charge in [-0.2, -0.15) is 0 Å². The van der Waals surface area contributed by atoms with Crippen molar-refractivity contribution >= 4 is 5.91 Å². The molecule has 3 nitrogen and oxygen atoms in total. The van der Waals surface area contributed by atoms with Crippen LogP contribution in [0.5, 0.6) is 0 Å². The molecule has 0 spiro atoms. The van der Waals surface area contributed by atoms with Crippen molar-refractivity contribution in [2.24, 2.45) is 0 Å². The Labute approximate surface area is 93.2 Å². The summed E-state index contributed by atoms with van der Waals surface area (Å²) in [4.78, 5) is 13.9. The molecule has 1 aliphatic heterocycles. The number of amides is 1. The Morgan fingerprint density at radius 3 is 2.33 bits per heavy atom. The van der Waals surface area contributed by atoms with Crippen LogP contribution < -0.4 is 5.32 Å². The Kier molecular flexibility index (Phi) is 5.69. The third-order valence-corrected chi connectivity index (χ3v) is 2.85. The van der Waals surface area contributed by atoms with Crippen LogP contribution in [0.4, 0.5) is 0 Å². The molecule has 1 saturated heterocycles. The highest BCUT2D eigenvalue weighted by Gasteiger charge is 2.14. The van der Waals surface area contributed by atoms with E-state index in [4.69, 9.17) is 0 Å². The fourth-order valence-corrected chi connectivity index (χ4v) is 1.95. The monoisotopic (exact) mass is 212 g/mol. The van der Waals surface area contributed by atoms with Crippen LogP contribution in [0.2, 0.25) is 0 Å². The summed E-state index contributed by atoms with van der Waals surface area (Å²) in [5, 5.41) is 3.28. The van der Waals surface area contributed by atoms with E-state index in [0.29, 0.717) is 18.4 Å². The highest BCUT2D eigenvalue weighted by Crippen LogP contribution is 2.10. The second kappa shape index (κ2) is 6.83. The zero-order valence-corrected chi connectivity index (χ0v) is 10.1. The maximum absolute atomic E-state index is 11.8. The summed E-state index contributed by atoms with van der Waals surface area (Å²) in [6, 6.07) is 0.474. The molecule has 0 aromatic carbocycles. The van der Waals surface area contributed by atoms with E-state index in [0.717, 1.165) is 19.6 Å². The number of likely N-dealkylation sites (tertiary alicyclic amines) is 1. The number of hydrogen-bond acceptors (Lipinski definition) is 2. The standard InChI is InChI=1S/C12H24N2O/c1-11(2)13-8-7-12(15)14-9-5-3-4-6-10-14/h11,13H,3-10H2,1-2H3. The van der Waals surface area contributed by atoms with Crippen LogP contribution >= 0.6 is 0 Å². The van der Waals surface area contributed by atoms with Gasteiger partial charge in [0.15, 0.2) is 0 Å². The highest BCUT2D eigenvalue weighted by molar-refractivity contribution is 5.76. The second-order valence-electron chi connectivity index (χ2n) is 4.65. The lowest BCUT2D eigenvalue weighted by Crippen LogP contribution is -2.35. The molecule has 0 atom stereocenters. The molecule has 1 amide bonds. The summed E-state index contributed by atoms with van der Waals surface area (Å²) in [5.41, 5.74) is 0. The molecule has 15 heavy (non-hydrogen) atoms. The van der Waals surface area contributed by atoms with E-state index in [9.17, 15) is 4.79 Å². The molecule has 1 aliphatic rings. The predicted octanol–water partition coefficient (Wildman–Crippen LogP) is 1.78. The summed E-state index contributed by atoms with van der Waals surface area (Å²) in [6.45, 7) is 6.97. The van der Waals surface area contributed by atoms with Crippen molar-refractivity contribution in [1.29, 1.82) is 0 Å². The molecule has 1 N–H and O–H groups in total. The third kappa shape index (κ3) is 5.17. The molecular formula is C12H24N2O. The normalized spacial score (nSPS) is 17.9. The number of carbonyl (C=O) groups excluding carboxylic acids is 1. The van der Waals surface area contributed by atoms with Crippen LogP contribution in [-0.2, 0) is 4.79 Å². The van der Waals surface area contributed by atoms with Crippen molar-refractivity contribution in [3.63, 3.8) is 0 Å². The lowest BCUT2D eigenvalue weighted by Gasteiger charge is -2.20. The molecule has 0 aromatic rings. The van der Waals surface area contributed by atoms with E-state index < -0.39 is 0 Å². The van der Waals surface area contributed by atoms with Gasteiger partial charge < -0.3 is 10.2 Å². The zero-order chi connectivity index (χ0) is 11.1. The summed E-state index contributed by atoms with van der Waals surface area (Å²) < 4.78 is 0. The van der Waals surface area contributed by atoms with Gasteiger partial charge >= 0.3 is 0 Å². The molecule has 0 bridgehead atoms. The van der Waals surface area contributed by atoms with Crippen LogP contribution in [0.3, 0.4) is 0 Å².